The summed E-state index contributed by atoms with van der Waals surface area (Å²) in [6.45, 7) is 0. The van der Waals surface area contributed by atoms with Gasteiger partial charge in [-0.1, -0.05) is 23.7 Å². The van der Waals surface area contributed by atoms with Crippen LogP contribution in [-0.4, -0.2) is 15.2 Å². The second kappa shape index (κ2) is 4.41. The summed E-state index contributed by atoms with van der Waals surface area (Å²) in [6, 6.07) is 6.41. The minimum absolute atomic E-state index is 0.413. The van der Waals surface area contributed by atoms with E-state index in [1.165, 1.54) is 36.7 Å². The van der Waals surface area contributed by atoms with Gasteiger partial charge in [-0.15, -0.1) is 10.2 Å². The number of hydrogen-bond donors (Lipinski definition) is 0. The van der Waals surface area contributed by atoms with Crippen LogP contribution in [0.5, 0.6) is 0 Å². The molecule has 1 aliphatic carbocycles. The van der Waals surface area contributed by atoms with Gasteiger partial charge in [0.15, 0.2) is 5.15 Å². The van der Waals surface area contributed by atoms with E-state index in [0.29, 0.717) is 10.8 Å². The van der Waals surface area contributed by atoms with E-state index in [2.05, 4.69) is 33.4 Å². The highest BCUT2D eigenvalue weighted by molar-refractivity contribution is 6.31. The maximum atomic E-state index is 6.03. The molecule has 1 aliphatic rings. The molecule has 1 aromatic heterocycles. The molecule has 0 bridgehead atoms. The highest BCUT2D eigenvalue weighted by Gasteiger charge is 2.12. The third-order valence-corrected chi connectivity index (χ3v) is 3.47. The summed E-state index contributed by atoms with van der Waals surface area (Å²) in [6.07, 6.45) is 6.25. The molecule has 1 heterocycles. The second-order valence-corrected chi connectivity index (χ2v) is 4.65. The predicted molar refractivity (Wildman–Crippen MR) is 66.9 cm³/mol. The molecule has 0 N–H and O–H groups in total. The van der Waals surface area contributed by atoms with E-state index in [-0.39, 0.29) is 0 Å². The Bertz CT molecular complexity index is 554. The van der Waals surface area contributed by atoms with Gasteiger partial charge in [0.25, 0.3) is 0 Å². The summed E-state index contributed by atoms with van der Waals surface area (Å²) in [5.41, 5.74) is 4.54. The lowest BCUT2D eigenvalue weighted by Crippen LogP contribution is -2.02. The number of nitrogens with zero attached hydrogens (tertiary/aromatic N) is 3. The number of rotatable bonds is 1. The molecule has 0 aliphatic heterocycles. The lowest BCUT2D eigenvalue weighted by atomic mass is 9.90. The Hall–Kier alpha value is -1.48. The third-order valence-electron chi connectivity index (χ3n) is 3.20. The van der Waals surface area contributed by atoms with Crippen LogP contribution < -0.4 is 0 Å². The van der Waals surface area contributed by atoms with Crippen molar-refractivity contribution < 1.29 is 0 Å². The van der Waals surface area contributed by atoms with Crippen LogP contribution in [0.25, 0.3) is 11.3 Å². The van der Waals surface area contributed by atoms with Crippen LogP contribution in [0.2, 0.25) is 5.15 Å². The summed E-state index contributed by atoms with van der Waals surface area (Å²) < 4.78 is 0. The fourth-order valence-corrected chi connectivity index (χ4v) is 2.51. The Labute approximate surface area is 105 Å². The normalized spacial score (nSPS) is 14.4. The van der Waals surface area contributed by atoms with E-state index in [9.17, 15) is 0 Å². The van der Waals surface area contributed by atoms with Gasteiger partial charge in [0, 0.05) is 5.56 Å². The molecule has 86 valence electrons. The topological polar surface area (TPSA) is 38.7 Å². The molecule has 0 saturated heterocycles. The molecule has 0 radical (unpaired) electrons. The standard InChI is InChI=1S/C13H12ClN3/c14-13-12(17-16-8-15-13)11-6-5-9-3-1-2-4-10(9)7-11/h5-8H,1-4H2. The molecule has 3 nitrogen and oxygen atoms in total. The molecule has 0 spiro atoms. The van der Waals surface area contributed by atoms with E-state index in [1.54, 1.807) is 0 Å². The number of benzene rings is 1. The van der Waals surface area contributed by atoms with Crippen molar-refractivity contribution in [3.63, 3.8) is 0 Å². The Morgan fingerprint density at radius 3 is 2.71 bits per heavy atom. The van der Waals surface area contributed by atoms with Crippen LogP contribution in [0, 0.1) is 0 Å². The van der Waals surface area contributed by atoms with Crippen LogP contribution >= 0.6 is 11.6 Å². The van der Waals surface area contributed by atoms with Gasteiger partial charge in [-0.2, -0.15) is 0 Å². The SMILES string of the molecule is Clc1ncnnc1-c1ccc2c(c1)CCCC2. The summed E-state index contributed by atoms with van der Waals surface area (Å²) in [5, 5.41) is 8.25. The summed E-state index contributed by atoms with van der Waals surface area (Å²) in [7, 11) is 0. The van der Waals surface area contributed by atoms with E-state index >= 15 is 0 Å². The van der Waals surface area contributed by atoms with Gasteiger partial charge in [0.1, 0.15) is 12.0 Å². The Balaban J connectivity index is 2.07. The predicted octanol–water partition coefficient (Wildman–Crippen LogP) is 3.07. The Morgan fingerprint density at radius 1 is 1.06 bits per heavy atom. The number of fused-ring (bicyclic) bond motifs is 1. The molecule has 4 heteroatoms. The van der Waals surface area contributed by atoms with Crippen molar-refractivity contribution in [3.8, 4) is 11.3 Å². The fraction of sp³-hybridized carbons (Fsp3) is 0.308. The zero-order valence-corrected chi connectivity index (χ0v) is 10.1. The monoisotopic (exact) mass is 245 g/mol. The smallest absolute Gasteiger partial charge is 0.159 e. The van der Waals surface area contributed by atoms with Gasteiger partial charge in [-0.05, 0) is 42.9 Å². The molecule has 0 amide bonds. The van der Waals surface area contributed by atoms with Gasteiger partial charge < -0.3 is 0 Å². The number of aryl methyl sites for hydroxylation is 2. The quantitative estimate of drug-likeness (QED) is 0.775. The zero-order valence-electron chi connectivity index (χ0n) is 9.36. The average molecular weight is 246 g/mol. The fourth-order valence-electron chi connectivity index (χ4n) is 2.32. The maximum absolute atomic E-state index is 6.03. The van der Waals surface area contributed by atoms with Crippen LogP contribution in [0.4, 0.5) is 0 Å². The molecule has 1 aromatic carbocycles. The first-order valence-corrected chi connectivity index (χ1v) is 6.18. The Morgan fingerprint density at radius 2 is 1.88 bits per heavy atom. The molecule has 0 unspecified atom stereocenters. The maximum Gasteiger partial charge on any atom is 0.159 e. The van der Waals surface area contributed by atoms with Crippen LogP contribution in [0.15, 0.2) is 24.5 Å². The van der Waals surface area contributed by atoms with Gasteiger partial charge in [-0.3, -0.25) is 0 Å². The highest BCUT2D eigenvalue weighted by atomic mass is 35.5. The van der Waals surface area contributed by atoms with Crippen molar-refractivity contribution in [1.82, 2.24) is 15.2 Å². The first-order chi connectivity index (χ1) is 8.34. The first kappa shape index (κ1) is 10.7. The molecular formula is C13H12ClN3. The van der Waals surface area contributed by atoms with Crippen molar-refractivity contribution in [1.29, 1.82) is 0 Å². The van der Waals surface area contributed by atoms with Crippen molar-refractivity contribution in [2.45, 2.75) is 25.7 Å². The molecule has 0 saturated carbocycles. The molecule has 0 atom stereocenters. The largest absolute Gasteiger partial charge is 0.220 e. The van der Waals surface area contributed by atoms with E-state index in [4.69, 9.17) is 11.6 Å². The number of hydrogen-bond acceptors (Lipinski definition) is 3. The van der Waals surface area contributed by atoms with Gasteiger partial charge in [0.2, 0.25) is 0 Å². The summed E-state index contributed by atoms with van der Waals surface area (Å²) in [5.74, 6) is 0. The molecular weight excluding hydrogens is 234 g/mol. The van der Waals surface area contributed by atoms with E-state index in [1.807, 2.05) is 0 Å². The summed E-state index contributed by atoms with van der Waals surface area (Å²) >= 11 is 6.03. The lowest BCUT2D eigenvalue weighted by molar-refractivity contribution is 0.686. The molecule has 0 fully saturated rings. The van der Waals surface area contributed by atoms with E-state index < -0.39 is 0 Å². The molecule has 3 rings (SSSR count). The number of halogens is 1. The number of aromatic nitrogens is 3. The van der Waals surface area contributed by atoms with Gasteiger partial charge >= 0.3 is 0 Å². The lowest BCUT2D eigenvalue weighted by Gasteiger charge is -2.16. The van der Waals surface area contributed by atoms with Crippen molar-refractivity contribution in [3.05, 3.63) is 40.8 Å². The van der Waals surface area contributed by atoms with E-state index in [0.717, 1.165) is 12.0 Å². The third kappa shape index (κ3) is 2.03. The van der Waals surface area contributed by atoms with Crippen LogP contribution in [0.3, 0.4) is 0 Å². The molecule has 17 heavy (non-hydrogen) atoms. The highest BCUT2D eigenvalue weighted by Crippen LogP contribution is 2.28. The minimum Gasteiger partial charge on any atom is -0.220 e. The van der Waals surface area contributed by atoms with Gasteiger partial charge in [0.05, 0.1) is 0 Å². The zero-order chi connectivity index (χ0) is 11.7. The van der Waals surface area contributed by atoms with Crippen LogP contribution in [-0.2, 0) is 12.8 Å². The average Bonchev–Trinajstić information content (AvgIpc) is 2.39. The minimum atomic E-state index is 0.413. The van der Waals surface area contributed by atoms with Gasteiger partial charge in [-0.25, -0.2) is 4.98 Å². The van der Waals surface area contributed by atoms with Crippen LogP contribution in [0.1, 0.15) is 24.0 Å². The van der Waals surface area contributed by atoms with Crippen molar-refractivity contribution in [2.75, 3.05) is 0 Å². The Kier molecular flexibility index (Phi) is 2.77. The second-order valence-electron chi connectivity index (χ2n) is 4.29. The van der Waals surface area contributed by atoms with Crippen molar-refractivity contribution >= 4 is 11.6 Å². The first-order valence-electron chi connectivity index (χ1n) is 5.80. The summed E-state index contributed by atoms with van der Waals surface area (Å²) in [4.78, 5) is 3.96. The van der Waals surface area contributed by atoms with Crippen molar-refractivity contribution in [2.24, 2.45) is 0 Å². The molecule has 2 aromatic rings.